The molecule has 2 bridgehead atoms. The molecular weight excluding hydrogens is 302 g/mol. The van der Waals surface area contributed by atoms with Gasteiger partial charge < -0.3 is 14.4 Å². The van der Waals surface area contributed by atoms with Crippen LogP contribution in [0.2, 0.25) is 0 Å². The van der Waals surface area contributed by atoms with E-state index in [1.807, 2.05) is 18.2 Å². The second-order valence-electron chi connectivity index (χ2n) is 6.74. The summed E-state index contributed by atoms with van der Waals surface area (Å²) in [5.41, 5.74) is 6.67. The Morgan fingerprint density at radius 1 is 1.00 bits per heavy atom. The molecule has 0 spiro atoms. The van der Waals surface area contributed by atoms with Crippen molar-refractivity contribution in [3.05, 3.63) is 64.2 Å². The largest absolute Gasteiger partial charge is 0.465 e. The summed E-state index contributed by atoms with van der Waals surface area (Å²) in [6.45, 7) is 2.27. The van der Waals surface area contributed by atoms with Crippen molar-refractivity contribution in [3.63, 3.8) is 0 Å². The van der Waals surface area contributed by atoms with Gasteiger partial charge in [0.1, 0.15) is 12.2 Å². The smallest absolute Gasteiger partial charge is 0.337 e. The van der Waals surface area contributed by atoms with E-state index in [-0.39, 0.29) is 18.2 Å². The summed E-state index contributed by atoms with van der Waals surface area (Å²) in [5, 5.41) is 0. The molecule has 0 radical (unpaired) electrons. The minimum atomic E-state index is -0.299. The number of carbonyl (C=O) groups excluding carboxylic acids is 1. The minimum absolute atomic E-state index is 0.000625. The number of methoxy groups -OCH3 is 1. The molecule has 2 aromatic rings. The van der Waals surface area contributed by atoms with Crippen molar-refractivity contribution < 1.29 is 14.3 Å². The predicted molar refractivity (Wildman–Crippen MR) is 90.4 cm³/mol. The average Bonchev–Trinajstić information content (AvgIpc) is 3.35. The van der Waals surface area contributed by atoms with Crippen molar-refractivity contribution in [2.75, 3.05) is 25.1 Å². The maximum absolute atomic E-state index is 11.8. The van der Waals surface area contributed by atoms with E-state index in [0.717, 1.165) is 18.7 Å². The minimum Gasteiger partial charge on any atom is -0.465 e. The Hall–Kier alpha value is -2.33. The Labute approximate surface area is 141 Å². The zero-order valence-electron chi connectivity index (χ0n) is 13.6. The van der Waals surface area contributed by atoms with Crippen LogP contribution in [0.3, 0.4) is 0 Å². The third-order valence-corrected chi connectivity index (χ3v) is 5.45. The molecule has 4 nitrogen and oxygen atoms in total. The number of anilines is 1. The summed E-state index contributed by atoms with van der Waals surface area (Å²) in [4.78, 5) is 14.3. The lowest BCUT2D eigenvalue weighted by Gasteiger charge is -2.22. The van der Waals surface area contributed by atoms with Crippen molar-refractivity contribution in [2.45, 2.75) is 25.0 Å². The van der Waals surface area contributed by atoms with Crippen LogP contribution in [0.4, 0.5) is 5.69 Å². The second kappa shape index (κ2) is 5.08. The number of ether oxygens (including phenoxy) is 2. The molecular formula is C20H19NO3. The first-order chi connectivity index (χ1) is 11.8. The molecule has 3 aliphatic heterocycles. The normalized spacial score (nSPS) is 23.3. The van der Waals surface area contributed by atoms with E-state index < -0.39 is 0 Å². The summed E-state index contributed by atoms with van der Waals surface area (Å²) in [5.74, 6) is -0.299. The Bertz CT molecular complexity index is 839. The van der Waals surface area contributed by atoms with Crippen molar-refractivity contribution >= 4 is 11.7 Å². The van der Waals surface area contributed by atoms with Crippen molar-refractivity contribution in [3.8, 4) is 0 Å². The fourth-order valence-corrected chi connectivity index (χ4v) is 4.25. The van der Waals surface area contributed by atoms with Gasteiger partial charge in [0.25, 0.3) is 0 Å². The van der Waals surface area contributed by atoms with Crippen LogP contribution >= 0.6 is 0 Å². The first-order valence-corrected chi connectivity index (χ1v) is 8.52. The van der Waals surface area contributed by atoms with Gasteiger partial charge in [0, 0.05) is 18.8 Å². The van der Waals surface area contributed by atoms with Crippen LogP contribution in [-0.2, 0) is 9.47 Å². The highest BCUT2D eigenvalue weighted by Crippen LogP contribution is 2.54. The molecule has 3 heterocycles. The van der Waals surface area contributed by atoms with Crippen LogP contribution in [0.5, 0.6) is 0 Å². The SMILES string of the molecule is COC(=O)c1ccc2c(c1)[C@@H]1O[C@H]2c2ccc(N3CCCC3)cc21. The summed E-state index contributed by atoms with van der Waals surface area (Å²) in [6, 6.07) is 12.5. The molecule has 0 saturated carbocycles. The van der Waals surface area contributed by atoms with Crippen molar-refractivity contribution in [2.24, 2.45) is 0 Å². The number of hydrogen-bond acceptors (Lipinski definition) is 4. The standard InChI is InChI=1S/C20H19NO3/c1-23-20(22)12-4-6-14-16(10-12)19-17-11-13(21-8-2-3-9-21)5-7-15(17)18(14)24-19/h4-7,10-11,18-19H,2-3,8-9H2,1H3/t18-,19+/m1/s1. The lowest BCUT2D eigenvalue weighted by molar-refractivity contribution is 0.0600. The molecule has 122 valence electrons. The zero-order chi connectivity index (χ0) is 16.3. The van der Waals surface area contributed by atoms with E-state index in [1.165, 1.54) is 42.3 Å². The Morgan fingerprint density at radius 2 is 1.67 bits per heavy atom. The first-order valence-electron chi connectivity index (χ1n) is 8.52. The lowest BCUT2D eigenvalue weighted by Crippen LogP contribution is -2.18. The highest BCUT2D eigenvalue weighted by atomic mass is 16.5. The van der Waals surface area contributed by atoms with Crippen LogP contribution in [0, 0.1) is 0 Å². The monoisotopic (exact) mass is 321 g/mol. The molecule has 2 atom stereocenters. The van der Waals surface area contributed by atoms with Gasteiger partial charge in [-0.2, -0.15) is 0 Å². The molecule has 24 heavy (non-hydrogen) atoms. The number of hydrogen-bond donors (Lipinski definition) is 0. The van der Waals surface area contributed by atoms with Gasteiger partial charge in [0.2, 0.25) is 0 Å². The van der Waals surface area contributed by atoms with Crippen molar-refractivity contribution in [1.82, 2.24) is 0 Å². The molecule has 0 unspecified atom stereocenters. The van der Waals surface area contributed by atoms with Crippen LogP contribution in [0.25, 0.3) is 0 Å². The zero-order valence-corrected chi connectivity index (χ0v) is 13.6. The molecule has 5 rings (SSSR count). The van der Waals surface area contributed by atoms with Crippen LogP contribution < -0.4 is 4.90 Å². The van der Waals surface area contributed by atoms with Crippen molar-refractivity contribution in [1.29, 1.82) is 0 Å². The average molecular weight is 321 g/mol. The highest BCUT2D eigenvalue weighted by molar-refractivity contribution is 5.90. The molecule has 0 aliphatic carbocycles. The highest BCUT2D eigenvalue weighted by Gasteiger charge is 2.43. The molecule has 4 heteroatoms. The van der Waals surface area contributed by atoms with Gasteiger partial charge in [-0.25, -0.2) is 4.79 Å². The van der Waals surface area contributed by atoms with Gasteiger partial charge in [-0.1, -0.05) is 12.1 Å². The summed E-state index contributed by atoms with van der Waals surface area (Å²) in [6.07, 6.45) is 2.47. The fraction of sp³-hybridized carbons (Fsp3) is 0.350. The third kappa shape index (κ3) is 1.86. The summed E-state index contributed by atoms with van der Waals surface area (Å²) in [7, 11) is 1.41. The van der Waals surface area contributed by atoms with Crippen LogP contribution in [0.1, 0.15) is 57.7 Å². The van der Waals surface area contributed by atoms with Gasteiger partial charge >= 0.3 is 5.97 Å². The Balaban J connectivity index is 1.56. The maximum atomic E-state index is 11.8. The van der Waals surface area contributed by atoms with E-state index in [9.17, 15) is 4.79 Å². The van der Waals surface area contributed by atoms with E-state index in [1.54, 1.807) is 0 Å². The molecule has 1 fully saturated rings. The number of esters is 1. The summed E-state index contributed by atoms with van der Waals surface area (Å²) >= 11 is 0. The van der Waals surface area contributed by atoms with Gasteiger partial charge in [-0.05, 0) is 59.4 Å². The molecule has 0 amide bonds. The van der Waals surface area contributed by atoms with E-state index >= 15 is 0 Å². The first kappa shape index (κ1) is 14.1. The molecule has 0 N–H and O–H groups in total. The number of nitrogens with zero attached hydrogens (tertiary/aromatic N) is 1. The summed E-state index contributed by atoms with van der Waals surface area (Å²) < 4.78 is 11.1. The number of benzene rings is 2. The van der Waals surface area contributed by atoms with Crippen LogP contribution in [-0.4, -0.2) is 26.2 Å². The fourth-order valence-electron chi connectivity index (χ4n) is 4.25. The van der Waals surface area contributed by atoms with Gasteiger partial charge in [-0.15, -0.1) is 0 Å². The Morgan fingerprint density at radius 3 is 2.42 bits per heavy atom. The van der Waals surface area contributed by atoms with E-state index in [4.69, 9.17) is 9.47 Å². The third-order valence-electron chi connectivity index (χ3n) is 5.45. The molecule has 3 aliphatic rings. The van der Waals surface area contributed by atoms with Crippen LogP contribution in [0.15, 0.2) is 36.4 Å². The lowest BCUT2D eigenvalue weighted by atomic mass is 9.85. The Kier molecular flexibility index (Phi) is 2.98. The molecule has 1 saturated heterocycles. The van der Waals surface area contributed by atoms with Gasteiger partial charge in [0.05, 0.1) is 12.7 Å². The van der Waals surface area contributed by atoms with E-state index in [2.05, 4.69) is 23.1 Å². The number of rotatable bonds is 2. The number of carbonyl (C=O) groups is 1. The topological polar surface area (TPSA) is 38.8 Å². The maximum Gasteiger partial charge on any atom is 0.337 e. The van der Waals surface area contributed by atoms with Gasteiger partial charge in [-0.3, -0.25) is 0 Å². The molecule has 2 aromatic carbocycles. The number of fused-ring (bicyclic) bond motifs is 8. The predicted octanol–water partition coefficient (Wildman–Crippen LogP) is 3.60. The molecule has 0 aromatic heterocycles. The van der Waals surface area contributed by atoms with Gasteiger partial charge in [0.15, 0.2) is 0 Å². The second-order valence-corrected chi connectivity index (χ2v) is 6.74. The van der Waals surface area contributed by atoms with E-state index in [0.29, 0.717) is 5.56 Å². The quantitative estimate of drug-likeness (QED) is 0.792.